The topological polar surface area (TPSA) is 45.1 Å². The number of hydrogen-bond acceptors (Lipinski definition) is 6. The molecule has 5 nitrogen and oxygen atoms in total. The number of amides is 1. The Morgan fingerprint density at radius 1 is 0.900 bits per heavy atom. The van der Waals surface area contributed by atoms with Gasteiger partial charge in [-0.2, -0.15) is 5.10 Å². The van der Waals surface area contributed by atoms with Gasteiger partial charge < -0.3 is 4.74 Å². The van der Waals surface area contributed by atoms with E-state index >= 15 is 0 Å². The van der Waals surface area contributed by atoms with E-state index in [1.165, 1.54) is 5.56 Å². The number of thiocarbonyl (C=S) groups is 1. The normalized spacial score (nSPS) is 18.0. The Kier molecular flexibility index (Phi) is 7.49. The van der Waals surface area contributed by atoms with Crippen LogP contribution < -0.4 is 14.6 Å². The number of rotatable bonds is 7. The number of carbonyl (C=O) groups excluding carboxylic acids is 1. The molecule has 40 heavy (non-hydrogen) atoms. The lowest BCUT2D eigenvalue weighted by atomic mass is 9.98. The molecule has 1 amide bonds. The number of ether oxygens (including phenoxy) is 1. The lowest BCUT2D eigenvalue weighted by Crippen LogP contribution is -2.26. The van der Waals surface area contributed by atoms with Crippen molar-refractivity contribution in [2.75, 3.05) is 16.5 Å². The molecule has 0 aliphatic carbocycles. The van der Waals surface area contributed by atoms with E-state index in [1.807, 2.05) is 73.7 Å². The predicted molar refractivity (Wildman–Crippen MR) is 169 cm³/mol. The van der Waals surface area contributed by atoms with Crippen LogP contribution in [-0.4, -0.2) is 22.5 Å². The summed E-state index contributed by atoms with van der Waals surface area (Å²) in [4.78, 5) is 15.7. The molecule has 6 rings (SSSR count). The minimum Gasteiger partial charge on any atom is -0.494 e. The highest BCUT2D eigenvalue weighted by atomic mass is 32.2. The van der Waals surface area contributed by atoms with Gasteiger partial charge in [-0.25, -0.2) is 0 Å². The molecule has 0 spiro atoms. The summed E-state index contributed by atoms with van der Waals surface area (Å²) in [5, 5.41) is 7.06. The summed E-state index contributed by atoms with van der Waals surface area (Å²) < 4.78 is 5.52. The molecule has 0 aromatic heterocycles. The van der Waals surface area contributed by atoms with Gasteiger partial charge in [0.15, 0.2) is 0 Å². The molecule has 4 aromatic rings. The molecule has 0 radical (unpaired) electrons. The maximum absolute atomic E-state index is 12.9. The first-order valence-corrected chi connectivity index (χ1v) is 14.4. The van der Waals surface area contributed by atoms with Crippen LogP contribution in [0.15, 0.2) is 119 Å². The van der Waals surface area contributed by atoms with Gasteiger partial charge in [0, 0.05) is 6.42 Å². The zero-order valence-electron chi connectivity index (χ0n) is 21.9. The third-order valence-corrected chi connectivity index (χ3v) is 8.28. The number of hydrogen-bond donors (Lipinski definition) is 0. The van der Waals surface area contributed by atoms with Crippen molar-refractivity contribution in [1.82, 2.24) is 0 Å². The molecule has 2 aliphatic rings. The van der Waals surface area contributed by atoms with Crippen LogP contribution in [0.5, 0.6) is 5.75 Å². The molecular formula is C33H27N3O2S2. The van der Waals surface area contributed by atoms with Gasteiger partial charge in [0.25, 0.3) is 5.24 Å². The highest BCUT2D eigenvalue weighted by molar-refractivity contribution is 8.20. The summed E-state index contributed by atoms with van der Waals surface area (Å²) in [6, 6.07) is 36.6. The number of benzene rings is 4. The lowest BCUT2D eigenvalue weighted by Gasteiger charge is -2.24. The summed E-state index contributed by atoms with van der Waals surface area (Å²) >= 11 is 6.86. The van der Waals surface area contributed by atoms with Crippen LogP contribution in [0.25, 0.3) is 6.08 Å². The third kappa shape index (κ3) is 5.30. The fourth-order valence-electron chi connectivity index (χ4n) is 4.91. The van der Waals surface area contributed by atoms with Gasteiger partial charge in [-0.15, -0.1) is 0 Å². The van der Waals surface area contributed by atoms with Gasteiger partial charge in [-0.1, -0.05) is 85.0 Å². The largest absolute Gasteiger partial charge is 0.494 e. The fourth-order valence-corrected chi connectivity index (χ4v) is 6.19. The predicted octanol–water partition coefficient (Wildman–Crippen LogP) is 8.48. The molecule has 1 unspecified atom stereocenters. The van der Waals surface area contributed by atoms with E-state index in [4.69, 9.17) is 22.1 Å². The van der Waals surface area contributed by atoms with Crippen LogP contribution in [0, 0.1) is 0 Å². The van der Waals surface area contributed by atoms with Crippen LogP contribution in [0.1, 0.15) is 36.1 Å². The molecule has 1 saturated heterocycles. The van der Waals surface area contributed by atoms with E-state index in [9.17, 15) is 4.79 Å². The van der Waals surface area contributed by atoms with Crippen LogP contribution >= 0.6 is 24.0 Å². The highest BCUT2D eigenvalue weighted by Gasteiger charge is 2.33. The number of carbonyl (C=O) groups is 1. The summed E-state index contributed by atoms with van der Waals surface area (Å²) in [5.74, 6) is 0.764. The Hall–Kier alpha value is -4.20. The molecule has 4 aromatic carbocycles. The molecule has 0 N–H and O–H groups in total. The molecule has 7 heteroatoms. The number of hydrazone groups is 1. The van der Waals surface area contributed by atoms with Crippen LogP contribution in [0.2, 0.25) is 0 Å². The third-order valence-electron chi connectivity index (χ3n) is 6.86. The molecule has 0 saturated carbocycles. The van der Waals surface area contributed by atoms with Gasteiger partial charge in [0.05, 0.1) is 34.6 Å². The van der Waals surface area contributed by atoms with E-state index in [1.54, 1.807) is 4.90 Å². The summed E-state index contributed by atoms with van der Waals surface area (Å²) in [6.07, 6.45) is 2.80. The molecule has 0 bridgehead atoms. The SMILES string of the molecule is CCOc1ccc(N2C(=O)S/C(=C\c3ccc(N4N=C(c5ccccc5)CC4c4ccccc4)cc3)C2=S)cc1. The molecule has 2 heterocycles. The first-order chi connectivity index (χ1) is 19.6. The Bertz CT molecular complexity index is 1580. The summed E-state index contributed by atoms with van der Waals surface area (Å²) in [7, 11) is 0. The van der Waals surface area contributed by atoms with Crippen molar-refractivity contribution in [2.45, 2.75) is 19.4 Å². The Balaban J connectivity index is 1.24. The van der Waals surface area contributed by atoms with Crippen molar-refractivity contribution < 1.29 is 9.53 Å². The van der Waals surface area contributed by atoms with E-state index in [-0.39, 0.29) is 11.3 Å². The molecular weight excluding hydrogens is 535 g/mol. The second kappa shape index (κ2) is 11.5. The Labute approximate surface area is 243 Å². The van der Waals surface area contributed by atoms with Gasteiger partial charge in [0.2, 0.25) is 0 Å². The van der Waals surface area contributed by atoms with Crippen molar-refractivity contribution in [3.05, 3.63) is 131 Å². The number of nitrogens with zero attached hydrogens (tertiary/aromatic N) is 3. The van der Waals surface area contributed by atoms with Crippen molar-refractivity contribution in [3.8, 4) is 5.75 Å². The van der Waals surface area contributed by atoms with E-state index < -0.39 is 0 Å². The first-order valence-electron chi connectivity index (χ1n) is 13.2. The molecule has 198 valence electrons. The van der Waals surface area contributed by atoms with Crippen LogP contribution in [-0.2, 0) is 0 Å². The van der Waals surface area contributed by atoms with Gasteiger partial charge >= 0.3 is 0 Å². The fraction of sp³-hybridized carbons (Fsp3) is 0.121. The molecule has 1 atom stereocenters. The van der Waals surface area contributed by atoms with E-state index in [0.717, 1.165) is 57.1 Å². The summed E-state index contributed by atoms with van der Waals surface area (Å²) in [5.41, 5.74) is 6.15. The first kappa shape index (κ1) is 26.0. The minimum absolute atomic E-state index is 0.109. The van der Waals surface area contributed by atoms with Crippen molar-refractivity contribution in [2.24, 2.45) is 5.10 Å². The maximum Gasteiger partial charge on any atom is 0.296 e. The monoisotopic (exact) mass is 561 g/mol. The van der Waals surface area contributed by atoms with Crippen LogP contribution in [0.3, 0.4) is 0 Å². The van der Waals surface area contributed by atoms with Crippen molar-refractivity contribution >= 4 is 57.4 Å². The number of anilines is 2. The quantitative estimate of drug-likeness (QED) is 0.167. The summed E-state index contributed by atoms with van der Waals surface area (Å²) in [6.45, 7) is 2.53. The second-order valence-electron chi connectivity index (χ2n) is 9.42. The zero-order chi connectivity index (χ0) is 27.5. The van der Waals surface area contributed by atoms with Crippen molar-refractivity contribution in [3.63, 3.8) is 0 Å². The Morgan fingerprint density at radius 3 is 2.23 bits per heavy atom. The maximum atomic E-state index is 12.9. The average molecular weight is 562 g/mol. The minimum atomic E-state index is -0.109. The standard InChI is InChI=1S/C33H27N3O2S2/c1-2-38-28-19-17-26(18-20-28)35-32(39)31(40-33(35)37)21-23-13-15-27(16-14-23)36-30(25-11-7-4-8-12-25)22-29(34-36)24-9-5-3-6-10-24/h3-21,30H,2,22H2,1H3/b31-21-. The van der Waals surface area contributed by atoms with E-state index in [0.29, 0.717) is 11.6 Å². The Morgan fingerprint density at radius 2 is 1.55 bits per heavy atom. The molecule has 2 aliphatic heterocycles. The smallest absolute Gasteiger partial charge is 0.296 e. The van der Waals surface area contributed by atoms with Gasteiger partial charge in [0.1, 0.15) is 10.7 Å². The van der Waals surface area contributed by atoms with Crippen LogP contribution in [0.4, 0.5) is 16.2 Å². The lowest BCUT2D eigenvalue weighted by molar-refractivity contribution is 0.268. The second-order valence-corrected chi connectivity index (χ2v) is 10.8. The van der Waals surface area contributed by atoms with Gasteiger partial charge in [-0.05, 0) is 77.9 Å². The van der Waals surface area contributed by atoms with E-state index in [2.05, 4.69) is 53.5 Å². The highest BCUT2D eigenvalue weighted by Crippen LogP contribution is 2.39. The zero-order valence-corrected chi connectivity index (χ0v) is 23.6. The average Bonchev–Trinajstić information content (AvgIpc) is 3.56. The number of thioether (sulfide) groups is 1. The van der Waals surface area contributed by atoms with Crippen molar-refractivity contribution in [1.29, 1.82) is 0 Å². The van der Waals surface area contributed by atoms with Gasteiger partial charge in [-0.3, -0.25) is 14.7 Å². The molecule has 1 fully saturated rings.